The topological polar surface area (TPSA) is 21.3 Å². The molecule has 2 aromatic heterocycles. The third kappa shape index (κ3) is 7.08. The summed E-state index contributed by atoms with van der Waals surface area (Å²) in [5, 5.41) is 4.74. The van der Waals surface area contributed by atoms with Crippen molar-refractivity contribution in [1.29, 1.82) is 0 Å². The molecule has 0 amide bonds. The second-order valence-corrected chi connectivity index (χ2v) is 17.6. The molecular formula is C66H44N2O. The Morgan fingerprint density at radius 1 is 0.290 bits per heavy atom. The van der Waals surface area contributed by atoms with E-state index in [1.807, 2.05) is 6.07 Å². The van der Waals surface area contributed by atoms with Gasteiger partial charge in [0.25, 0.3) is 0 Å². The fourth-order valence-corrected chi connectivity index (χ4v) is 10.4. The van der Waals surface area contributed by atoms with Crippen LogP contribution < -0.4 is 4.90 Å². The molecule has 0 saturated carbocycles. The zero-order chi connectivity index (χ0) is 45.7. The van der Waals surface area contributed by atoms with Crippen molar-refractivity contribution in [3.8, 4) is 61.3 Å². The lowest BCUT2D eigenvalue weighted by Gasteiger charge is -2.30. The van der Waals surface area contributed by atoms with Crippen molar-refractivity contribution in [2.75, 3.05) is 4.90 Å². The van der Waals surface area contributed by atoms with Crippen LogP contribution in [0.25, 0.3) is 105 Å². The summed E-state index contributed by atoms with van der Waals surface area (Å²) in [5.41, 5.74) is 20.0. The van der Waals surface area contributed by atoms with Crippen LogP contribution in [0.4, 0.5) is 17.1 Å². The fourth-order valence-electron chi connectivity index (χ4n) is 10.4. The number of para-hydroxylation sites is 5. The molecule has 0 spiro atoms. The van der Waals surface area contributed by atoms with E-state index < -0.39 is 0 Å². The highest BCUT2D eigenvalue weighted by molar-refractivity contribution is 6.14. The van der Waals surface area contributed by atoms with Gasteiger partial charge in [0.05, 0.1) is 22.4 Å². The molecule has 13 aromatic rings. The molecule has 0 aliphatic rings. The van der Waals surface area contributed by atoms with Crippen molar-refractivity contribution in [3.05, 3.63) is 267 Å². The van der Waals surface area contributed by atoms with Crippen LogP contribution in [0.5, 0.6) is 0 Å². The predicted octanol–water partition coefficient (Wildman–Crippen LogP) is 18.5. The smallest absolute Gasteiger partial charge is 0.136 e. The van der Waals surface area contributed by atoms with Crippen LogP contribution in [-0.2, 0) is 0 Å². The SMILES string of the molecule is c1ccc(-c2cccc(-c3ccccc3N(c3ccc(-c4cccc(-c5cccc(-n6c7ccccc7c7ccccc76)c5)c4)cc3)c3ccccc3-c3cccc4oc5ccccc5c34)c2)cc1. The van der Waals surface area contributed by atoms with Crippen LogP contribution >= 0.6 is 0 Å². The van der Waals surface area contributed by atoms with Crippen LogP contribution in [0.1, 0.15) is 0 Å². The molecule has 0 aliphatic heterocycles. The minimum Gasteiger partial charge on any atom is -0.456 e. The molecule has 0 atom stereocenters. The summed E-state index contributed by atoms with van der Waals surface area (Å²) in [4.78, 5) is 2.43. The van der Waals surface area contributed by atoms with Gasteiger partial charge in [-0.3, -0.25) is 0 Å². The van der Waals surface area contributed by atoms with E-state index in [4.69, 9.17) is 4.42 Å². The van der Waals surface area contributed by atoms with E-state index in [9.17, 15) is 0 Å². The zero-order valence-electron chi connectivity index (χ0n) is 37.7. The van der Waals surface area contributed by atoms with Gasteiger partial charge in [0.1, 0.15) is 11.2 Å². The Kier molecular flexibility index (Phi) is 9.84. The number of benzene rings is 11. The highest BCUT2D eigenvalue weighted by atomic mass is 16.3. The first-order chi connectivity index (χ1) is 34.2. The maximum Gasteiger partial charge on any atom is 0.136 e. The van der Waals surface area contributed by atoms with Crippen molar-refractivity contribution < 1.29 is 4.42 Å². The lowest BCUT2D eigenvalue weighted by molar-refractivity contribution is 0.669. The number of anilines is 3. The number of fused-ring (bicyclic) bond motifs is 6. The molecule has 0 aliphatic carbocycles. The van der Waals surface area contributed by atoms with E-state index in [-0.39, 0.29) is 0 Å². The second-order valence-electron chi connectivity index (χ2n) is 17.6. The average Bonchev–Trinajstić information content (AvgIpc) is 3.98. The van der Waals surface area contributed by atoms with Crippen molar-refractivity contribution in [1.82, 2.24) is 4.57 Å². The van der Waals surface area contributed by atoms with Gasteiger partial charge in [-0.05, 0) is 117 Å². The molecule has 0 radical (unpaired) electrons. The lowest BCUT2D eigenvalue weighted by atomic mass is 9.94. The van der Waals surface area contributed by atoms with Gasteiger partial charge >= 0.3 is 0 Å². The van der Waals surface area contributed by atoms with Crippen molar-refractivity contribution in [3.63, 3.8) is 0 Å². The largest absolute Gasteiger partial charge is 0.456 e. The molecule has 11 aromatic carbocycles. The number of hydrogen-bond donors (Lipinski definition) is 0. The van der Waals surface area contributed by atoms with E-state index >= 15 is 0 Å². The maximum absolute atomic E-state index is 6.44. The van der Waals surface area contributed by atoms with Gasteiger partial charge in [0.15, 0.2) is 0 Å². The third-order valence-corrected chi connectivity index (χ3v) is 13.6. The highest BCUT2D eigenvalue weighted by Gasteiger charge is 2.23. The number of furan rings is 1. The zero-order valence-corrected chi connectivity index (χ0v) is 37.7. The number of hydrogen-bond acceptors (Lipinski definition) is 2. The van der Waals surface area contributed by atoms with Crippen LogP contribution in [0, 0.1) is 0 Å². The minimum atomic E-state index is 0.873. The van der Waals surface area contributed by atoms with Gasteiger partial charge in [0, 0.05) is 44.0 Å². The number of aromatic nitrogens is 1. The third-order valence-electron chi connectivity index (χ3n) is 13.6. The molecule has 3 heteroatoms. The first kappa shape index (κ1) is 40.1. The van der Waals surface area contributed by atoms with Gasteiger partial charge in [0.2, 0.25) is 0 Å². The standard InChI is InChI=1S/C66H44N2O/c1-2-18-45(19-3-1)48-21-15-24-51(43-48)54-26-4-9-32-60(54)67(63-35-12-7-29-57(63)58-31-17-37-65-66(58)59-30-8-13-36-64(59)69-65)52-40-38-46(39-41-52)47-20-14-22-49(42-47)50-23-16-25-53(44-50)68-61-33-10-5-27-55(61)56-28-6-11-34-62(56)68/h1-44H. The Bertz CT molecular complexity index is 3970. The molecule has 0 fully saturated rings. The predicted molar refractivity (Wildman–Crippen MR) is 290 cm³/mol. The van der Waals surface area contributed by atoms with Crippen LogP contribution in [0.2, 0.25) is 0 Å². The summed E-state index contributed by atoms with van der Waals surface area (Å²) in [7, 11) is 0. The van der Waals surface area contributed by atoms with Gasteiger partial charge in [-0.2, -0.15) is 0 Å². The molecule has 3 nitrogen and oxygen atoms in total. The summed E-state index contributed by atoms with van der Waals surface area (Å²) in [5.74, 6) is 0. The van der Waals surface area contributed by atoms with E-state index in [1.54, 1.807) is 0 Å². The first-order valence-corrected chi connectivity index (χ1v) is 23.6. The van der Waals surface area contributed by atoms with Crippen LogP contribution in [0.3, 0.4) is 0 Å². The number of nitrogens with zero attached hydrogens (tertiary/aromatic N) is 2. The summed E-state index contributed by atoms with van der Waals surface area (Å²) in [6.07, 6.45) is 0. The van der Waals surface area contributed by atoms with Gasteiger partial charge in [-0.25, -0.2) is 0 Å². The molecule has 13 rings (SSSR count). The molecule has 0 bridgehead atoms. The highest BCUT2D eigenvalue weighted by Crippen LogP contribution is 2.48. The Morgan fingerprint density at radius 2 is 0.754 bits per heavy atom. The van der Waals surface area contributed by atoms with E-state index in [2.05, 4.69) is 270 Å². The molecular weight excluding hydrogens is 837 g/mol. The van der Waals surface area contributed by atoms with E-state index in [0.29, 0.717) is 0 Å². The Morgan fingerprint density at radius 3 is 1.48 bits per heavy atom. The van der Waals surface area contributed by atoms with E-state index in [0.717, 1.165) is 78.1 Å². The Balaban J connectivity index is 0.931. The minimum absolute atomic E-state index is 0.873. The number of rotatable bonds is 9. The molecule has 0 unspecified atom stereocenters. The van der Waals surface area contributed by atoms with Crippen LogP contribution in [0.15, 0.2) is 271 Å². The molecule has 69 heavy (non-hydrogen) atoms. The van der Waals surface area contributed by atoms with Gasteiger partial charge in [-0.15, -0.1) is 0 Å². The molecule has 0 saturated heterocycles. The van der Waals surface area contributed by atoms with Crippen LogP contribution in [-0.4, -0.2) is 4.57 Å². The fraction of sp³-hybridized carbons (Fsp3) is 0. The Labute approximate surface area is 401 Å². The molecule has 324 valence electrons. The molecule has 2 heterocycles. The quantitative estimate of drug-likeness (QED) is 0.144. The van der Waals surface area contributed by atoms with Crippen molar-refractivity contribution >= 4 is 60.8 Å². The normalized spacial score (nSPS) is 11.5. The monoisotopic (exact) mass is 880 g/mol. The second kappa shape index (κ2) is 16.9. The Hall–Kier alpha value is -9.18. The average molecular weight is 881 g/mol. The van der Waals surface area contributed by atoms with Gasteiger partial charge < -0.3 is 13.9 Å². The first-order valence-electron chi connectivity index (χ1n) is 23.6. The maximum atomic E-state index is 6.44. The summed E-state index contributed by atoms with van der Waals surface area (Å²) in [6.45, 7) is 0. The molecule has 0 N–H and O–H groups in total. The summed E-state index contributed by atoms with van der Waals surface area (Å²) >= 11 is 0. The van der Waals surface area contributed by atoms with Crippen molar-refractivity contribution in [2.24, 2.45) is 0 Å². The van der Waals surface area contributed by atoms with Crippen molar-refractivity contribution in [2.45, 2.75) is 0 Å². The summed E-state index contributed by atoms with van der Waals surface area (Å²) < 4.78 is 8.82. The summed E-state index contributed by atoms with van der Waals surface area (Å²) in [6, 6.07) is 96.1. The van der Waals surface area contributed by atoms with E-state index in [1.165, 1.54) is 44.1 Å². The van der Waals surface area contributed by atoms with Gasteiger partial charge in [-0.1, -0.05) is 194 Å². The lowest BCUT2D eigenvalue weighted by Crippen LogP contribution is -2.12.